The summed E-state index contributed by atoms with van der Waals surface area (Å²) in [6.45, 7) is 2.09. The quantitative estimate of drug-likeness (QED) is 0.350. The minimum Gasteiger partial charge on any atom is -0.454 e. The summed E-state index contributed by atoms with van der Waals surface area (Å²) in [4.78, 5) is 11.8. The first-order chi connectivity index (χ1) is 17.6. The number of carbonyl (C=O) groups is 1. The van der Waals surface area contributed by atoms with E-state index in [2.05, 4.69) is 0 Å². The standard InChI is InChI=1S/C29H31FO6/c1-21(31)35-28-27(34-19-24-15-9-4-10-16-24)26(33-18-23-13-7-3-8-14-23)25(36-29(28)30)20-32-17-22-11-5-2-6-12-22/h2-16,25-29H,17-20H2,1H3/t25-,26+,27+,28-,29+/m1/s1. The topological polar surface area (TPSA) is 63.2 Å². The number of benzene rings is 3. The first-order valence-corrected chi connectivity index (χ1v) is 12.0. The highest BCUT2D eigenvalue weighted by Crippen LogP contribution is 2.31. The van der Waals surface area contributed by atoms with Crippen molar-refractivity contribution in [2.75, 3.05) is 6.61 Å². The molecule has 6 nitrogen and oxygen atoms in total. The van der Waals surface area contributed by atoms with E-state index >= 15 is 4.39 Å². The lowest BCUT2D eigenvalue weighted by atomic mass is 9.98. The molecule has 0 radical (unpaired) electrons. The van der Waals surface area contributed by atoms with Crippen molar-refractivity contribution < 1.29 is 32.9 Å². The minimum absolute atomic E-state index is 0.0761. The lowest BCUT2D eigenvalue weighted by Crippen LogP contribution is -2.60. The van der Waals surface area contributed by atoms with Crippen LogP contribution in [0.25, 0.3) is 0 Å². The summed E-state index contributed by atoms with van der Waals surface area (Å²) >= 11 is 0. The van der Waals surface area contributed by atoms with E-state index in [1.165, 1.54) is 6.92 Å². The van der Waals surface area contributed by atoms with Crippen molar-refractivity contribution in [3.05, 3.63) is 108 Å². The van der Waals surface area contributed by atoms with Crippen LogP contribution in [0.3, 0.4) is 0 Å². The first-order valence-electron chi connectivity index (χ1n) is 12.0. The van der Waals surface area contributed by atoms with Crippen LogP contribution in [-0.2, 0) is 48.3 Å². The Hall–Kier alpha value is -3.10. The molecule has 1 aliphatic rings. The Kier molecular flexibility index (Phi) is 9.58. The second kappa shape index (κ2) is 13.3. The van der Waals surface area contributed by atoms with Gasteiger partial charge < -0.3 is 23.7 Å². The van der Waals surface area contributed by atoms with Crippen LogP contribution in [0, 0.1) is 0 Å². The number of alkyl halides is 1. The molecule has 36 heavy (non-hydrogen) atoms. The van der Waals surface area contributed by atoms with Gasteiger partial charge in [-0.1, -0.05) is 91.0 Å². The molecule has 0 unspecified atom stereocenters. The zero-order chi connectivity index (χ0) is 25.2. The average molecular weight is 495 g/mol. The molecule has 0 saturated carbocycles. The number of halogens is 1. The van der Waals surface area contributed by atoms with Crippen molar-refractivity contribution in [2.45, 2.75) is 57.5 Å². The smallest absolute Gasteiger partial charge is 0.303 e. The zero-order valence-electron chi connectivity index (χ0n) is 20.2. The minimum atomic E-state index is -1.89. The van der Waals surface area contributed by atoms with Crippen LogP contribution in [0.5, 0.6) is 0 Å². The van der Waals surface area contributed by atoms with Crippen molar-refractivity contribution in [1.29, 1.82) is 0 Å². The lowest BCUT2D eigenvalue weighted by molar-refractivity contribution is -0.291. The van der Waals surface area contributed by atoms with Crippen LogP contribution >= 0.6 is 0 Å². The second-order valence-corrected chi connectivity index (χ2v) is 8.62. The Morgan fingerprint density at radius 1 is 0.722 bits per heavy atom. The first kappa shape index (κ1) is 26.0. The van der Waals surface area contributed by atoms with Crippen LogP contribution in [0.2, 0.25) is 0 Å². The molecule has 3 aromatic rings. The van der Waals surface area contributed by atoms with Gasteiger partial charge in [0.1, 0.15) is 18.3 Å². The van der Waals surface area contributed by atoms with E-state index in [4.69, 9.17) is 23.7 Å². The van der Waals surface area contributed by atoms with Gasteiger partial charge in [-0.25, -0.2) is 4.39 Å². The van der Waals surface area contributed by atoms with E-state index in [9.17, 15) is 4.79 Å². The highest BCUT2D eigenvalue weighted by atomic mass is 19.1. The Bertz CT molecular complexity index is 1050. The lowest BCUT2D eigenvalue weighted by Gasteiger charge is -2.43. The fourth-order valence-corrected chi connectivity index (χ4v) is 4.11. The second-order valence-electron chi connectivity index (χ2n) is 8.62. The molecule has 1 aliphatic heterocycles. The molecule has 1 heterocycles. The van der Waals surface area contributed by atoms with Gasteiger partial charge in [-0.3, -0.25) is 4.79 Å². The predicted molar refractivity (Wildman–Crippen MR) is 131 cm³/mol. The van der Waals surface area contributed by atoms with Crippen LogP contribution in [0.1, 0.15) is 23.6 Å². The van der Waals surface area contributed by atoms with E-state index in [1.807, 2.05) is 91.0 Å². The van der Waals surface area contributed by atoms with Crippen LogP contribution < -0.4 is 0 Å². The highest BCUT2D eigenvalue weighted by Gasteiger charge is 2.50. The van der Waals surface area contributed by atoms with Crippen molar-refractivity contribution in [3.63, 3.8) is 0 Å². The maximum absolute atomic E-state index is 15.2. The normalized spacial score (nSPS) is 23.8. The predicted octanol–water partition coefficient (Wildman–Crippen LogP) is 5.00. The molecule has 0 bridgehead atoms. The van der Waals surface area contributed by atoms with Crippen LogP contribution in [0.4, 0.5) is 4.39 Å². The van der Waals surface area contributed by atoms with Crippen molar-refractivity contribution >= 4 is 5.97 Å². The van der Waals surface area contributed by atoms with Gasteiger partial charge >= 0.3 is 5.97 Å². The molecule has 0 aromatic heterocycles. The van der Waals surface area contributed by atoms with Gasteiger partial charge in [-0.15, -0.1) is 0 Å². The van der Waals surface area contributed by atoms with Gasteiger partial charge in [0.2, 0.25) is 6.36 Å². The van der Waals surface area contributed by atoms with Crippen molar-refractivity contribution in [1.82, 2.24) is 0 Å². The molecule has 190 valence electrons. The van der Waals surface area contributed by atoms with E-state index in [0.29, 0.717) is 6.61 Å². The maximum atomic E-state index is 15.2. The van der Waals surface area contributed by atoms with E-state index in [0.717, 1.165) is 16.7 Å². The SMILES string of the molecule is CC(=O)O[C@@H]1[C@@H](OCc2ccccc2)[C@@H](OCc2ccccc2)[C@@H](COCc2ccccc2)O[C@@H]1F. The molecule has 3 aromatic carbocycles. The molecule has 4 rings (SSSR count). The summed E-state index contributed by atoms with van der Waals surface area (Å²) in [6, 6.07) is 28.8. The van der Waals surface area contributed by atoms with Gasteiger partial charge in [0.15, 0.2) is 6.10 Å². The molecule has 0 N–H and O–H groups in total. The molecule has 1 saturated heterocycles. The number of carbonyl (C=O) groups excluding carboxylic acids is 1. The summed E-state index contributed by atoms with van der Waals surface area (Å²) in [6.07, 6.45) is -5.61. The number of rotatable bonds is 11. The van der Waals surface area contributed by atoms with Gasteiger partial charge in [0, 0.05) is 6.92 Å². The van der Waals surface area contributed by atoms with E-state index in [-0.39, 0.29) is 19.8 Å². The number of hydrogen-bond acceptors (Lipinski definition) is 6. The zero-order valence-corrected chi connectivity index (χ0v) is 20.2. The number of esters is 1. The summed E-state index contributed by atoms with van der Waals surface area (Å²) in [5.74, 6) is -0.625. The molecule has 7 heteroatoms. The molecule has 5 atom stereocenters. The number of hydrogen-bond donors (Lipinski definition) is 0. The van der Waals surface area contributed by atoms with Gasteiger partial charge in [0.25, 0.3) is 0 Å². The fourth-order valence-electron chi connectivity index (χ4n) is 4.11. The highest BCUT2D eigenvalue weighted by molar-refractivity contribution is 5.66. The summed E-state index contributed by atoms with van der Waals surface area (Å²) in [5, 5.41) is 0. The Labute approximate surface area is 210 Å². The van der Waals surface area contributed by atoms with Gasteiger partial charge in [-0.05, 0) is 16.7 Å². The van der Waals surface area contributed by atoms with Gasteiger partial charge in [-0.2, -0.15) is 0 Å². The molecule has 0 aliphatic carbocycles. The molecule has 0 amide bonds. The maximum Gasteiger partial charge on any atom is 0.303 e. The Morgan fingerprint density at radius 2 is 1.19 bits per heavy atom. The van der Waals surface area contributed by atoms with Crippen LogP contribution in [0.15, 0.2) is 91.0 Å². The van der Waals surface area contributed by atoms with Crippen molar-refractivity contribution in [2.24, 2.45) is 0 Å². The van der Waals surface area contributed by atoms with Crippen molar-refractivity contribution in [3.8, 4) is 0 Å². The fraction of sp³-hybridized carbons (Fsp3) is 0.345. The molecular weight excluding hydrogens is 463 g/mol. The Balaban J connectivity index is 1.53. The van der Waals surface area contributed by atoms with Crippen LogP contribution in [-0.4, -0.2) is 43.3 Å². The third kappa shape index (κ3) is 7.45. The molecule has 1 fully saturated rings. The number of ether oxygens (including phenoxy) is 5. The largest absolute Gasteiger partial charge is 0.454 e. The Morgan fingerprint density at radius 3 is 1.69 bits per heavy atom. The van der Waals surface area contributed by atoms with E-state index < -0.39 is 36.7 Å². The summed E-state index contributed by atoms with van der Waals surface area (Å²) in [7, 11) is 0. The summed E-state index contributed by atoms with van der Waals surface area (Å²) in [5.41, 5.74) is 2.83. The third-order valence-corrected chi connectivity index (χ3v) is 5.84. The summed E-state index contributed by atoms with van der Waals surface area (Å²) < 4.78 is 44.5. The third-order valence-electron chi connectivity index (χ3n) is 5.84. The van der Waals surface area contributed by atoms with Gasteiger partial charge in [0.05, 0.1) is 26.4 Å². The van der Waals surface area contributed by atoms with E-state index in [1.54, 1.807) is 0 Å². The monoisotopic (exact) mass is 494 g/mol. The molecular formula is C29H31FO6. The molecule has 0 spiro atoms. The average Bonchev–Trinajstić information content (AvgIpc) is 2.90.